The standard InChI is InChI=1S/C23H27N3O3/c1-27-18-5-6-20-19(15-18)17(16-24-20)7-8-25-9-11-26(12-10-25)21-3-2-4-22-23(21)29-14-13-28-22/h2-6,15-16,24H,7-14H2,1H3. The molecule has 6 nitrogen and oxygen atoms in total. The lowest BCUT2D eigenvalue weighted by Crippen LogP contribution is -2.47. The number of benzene rings is 2. The van der Waals surface area contributed by atoms with Gasteiger partial charge in [-0.15, -0.1) is 0 Å². The van der Waals surface area contributed by atoms with Crippen molar-refractivity contribution in [3.63, 3.8) is 0 Å². The van der Waals surface area contributed by atoms with Crippen molar-refractivity contribution in [2.45, 2.75) is 6.42 Å². The summed E-state index contributed by atoms with van der Waals surface area (Å²) in [6.45, 7) is 6.42. The minimum atomic E-state index is 0.624. The van der Waals surface area contributed by atoms with E-state index in [4.69, 9.17) is 14.2 Å². The molecule has 2 aromatic carbocycles. The molecule has 0 bridgehead atoms. The third kappa shape index (κ3) is 3.60. The topological polar surface area (TPSA) is 50.0 Å². The van der Waals surface area contributed by atoms with Gasteiger partial charge in [0, 0.05) is 49.8 Å². The lowest BCUT2D eigenvalue weighted by atomic mass is 10.1. The highest BCUT2D eigenvalue weighted by Gasteiger charge is 2.23. The zero-order chi connectivity index (χ0) is 19.6. The second-order valence-electron chi connectivity index (χ2n) is 7.61. The Labute approximate surface area is 171 Å². The van der Waals surface area contributed by atoms with E-state index in [1.54, 1.807) is 7.11 Å². The average molecular weight is 393 g/mol. The van der Waals surface area contributed by atoms with E-state index in [9.17, 15) is 0 Å². The van der Waals surface area contributed by atoms with Crippen LogP contribution in [0.2, 0.25) is 0 Å². The second kappa shape index (κ2) is 7.87. The molecule has 1 aromatic heterocycles. The third-order valence-electron chi connectivity index (χ3n) is 5.93. The van der Waals surface area contributed by atoms with Crippen LogP contribution < -0.4 is 19.1 Å². The normalized spacial score (nSPS) is 16.9. The first-order valence-electron chi connectivity index (χ1n) is 10.3. The Hall–Kier alpha value is -2.86. The molecule has 2 aliphatic heterocycles. The third-order valence-corrected chi connectivity index (χ3v) is 5.93. The van der Waals surface area contributed by atoms with Crippen molar-refractivity contribution < 1.29 is 14.2 Å². The molecule has 3 aromatic rings. The van der Waals surface area contributed by atoms with Gasteiger partial charge in [0.25, 0.3) is 0 Å². The molecule has 1 saturated heterocycles. The van der Waals surface area contributed by atoms with Gasteiger partial charge in [0.15, 0.2) is 11.5 Å². The van der Waals surface area contributed by atoms with Crippen LogP contribution in [0.5, 0.6) is 17.2 Å². The lowest BCUT2D eigenvalue weighted by Gasteiger charge is -2.37. The lowest BCUT2D eigenvalue weighted by molar-refractivity contribution is 0.171. The van der Waals surface area contributed by atoms with Crippen LogP contribution in [0.25, 0.3) is 10.9 Å². The molecule has 2 aliphatic rings. The monoisotopic (exact) mass is 393 g/mol. The maximum absolute atomic E-state index is 5.90. The minimum absolute atomic E-state index is 0.624. The molecule has 0 radical (unpaired) electrons. The van der Waals surface area contributed by atoms with Crippen molar-refractivity contribution in [3.8, 4) is 17.2 Å². The number of aromatic nitrogens is 1. The molecule has 6 heteroatoms. The maximum atomic E-state index is 5.90. The Morgan fingerprint density at radius 2 is 1.90 bits per heavy atom. The molecule has 1 fully saturated rings. The maximum Gasteiger partial charge on any atom is 0.184 e. The van der Waals surface area contributed by atoms with Gasteiger partial charge in [0.2, 0.25) is 0 Å². The Balaban J connectivity index is 1.21. The fourth-order valence-corrected chi connectivity index (χ4v) is 4.29. The highest BCUT2D eigenvalue weighted by atomic mass is 16.6. The number of piperazine rings is 1. The molecule has 29 heavy (non-hydrogen) atoms. The molecule has 0 saturated carbocycles. The van der Waals surface area contributed by atoms with E-state index in [-0.39, 0.29) is 0 Å². The Morgan fingerprint density at radius 1 is 1.03 bits per heavy atom. The van der Waals surface area contributed by atoms with E-state index in [1.807, 2.05) is 12.1 Å². The number of H-pyrrole nitrogens is 1. The first-order chi connectivity index (χ1) is 14.3. The van der Waals surface area contributed by atoms with E-state index in [2.05, 4.69) is 45.2 Å². The van der Waals surface area contributed by atoms with E-state index in [0.717, 1.165) is 62.1 Å². The number of nitrogens with zero attached hydrogens (tertiary/aromatic N) is 2. The number of anilines is 1. The molecule has 0 aliphatic carbocycles. The fourth-order valence-electron chi connectivity index (χ4n) is 4.29. The van der Waals surface area contributed by atoms with Crippen LogP contribution >= 0.6 is 0 Å². The Bertz CT molecular complexity index is 992. The molecule has 0 spiro atoms. The molecule has 5 rings (SSSR count). The van der Waals surface area contributed by atoms with Crippen molar-refractivity contribution in [3.05, 3.63) is 48.2 Å². The number of ether oxygens (including phenoxy) is 3. The van der Waals surface area contributed by atoms with Crippen LogP contribution in [0.15, 0.2) is 42.6 Å². The first-order valence-corrected chi connectivity index (χ1v) is 10.3. The van der Waals surface area contributed by atoms with Gasteiger partial charge in [-0.25, -0.2) is 0 Å². The summed E-state index contributed by atoms with van der Waals surface area (Å²) >= 11 is 0. The number of hydrogen-bond acceptors (Lipinski definition) is 5. The predicted molar refractivity (Wildman–Crippen MR) is 115 cm³/mol. The average Bonchev–Trinajstić information content (AvgIpc) is 3.20. The molecule has 0 unspecified atom stereocenters. The number of para-hydroxylation sites is 1. The Morgan fingerprint density at radius 3 is 2.76 bits per heavy atom. The summed E-state index contributed by atoms with van der Waals surface area (Å²) in [6, 6.07) is 12.4. The first kappa shape index (κ1) is 18.2. The van der Waals surface area contributed by atoms with Gasteiger partial charge >= 0.3 is 0 Å². The van der Waals surface area contributed by atoms with Crippen LogP contribution in [0.3, 0.4) is 0 Å². The number of methoxy groups -OCH3 is 1. The summed E-state index contributed by atoms with van der Waals surface area (Å²) in [5.74, 6) is 2.68. The van der Waals surface area contributed by atoms with Crippen molar-refractivity contribution in [1.82, 2.24) is 9.88 Å². The van der Waals surface area contributed by atoms with E-state index in [1.165, 1.54) is 16.5 Å². The van der Waals surface area contributed by atoms with Crippen molar-refractivity contribution in [2.75, 3.05) is 57.9 Å². The highest BCUT2D eigenvalue weighted by Crippen LogP contribution is 2.39. The molecule has 152 valence electrons. The smallest absolute Gasteiger partial charge is 0.184 e. The summed E-state index contributed by atoms with van der Waals surface area (Å²) in [6.07, 6.45) is 3.17. The van der Waals surface area contributed by atoms with Gasteiger partial charge in [-0.2, -0.15) is 0 Å². The molecule has 0 amide bonds. The minimum Gasteiger partial charge on any atom is -0.497 e. The summed E-state index contributed by atoms with van der Waals surface area (Å²) in [5, 5.41) is 1.26. The largest absolute Gasteiger partial charge is 0.497 e. The van der Waals surface area contributed by atoms with Gasteiger partial charge < -0.3 is 24.1 Å². The van der Waals surface area contributed by atoms with E-state index in [0.29, 0.717) is 13.2 Å². The van der Waals surface area contributed by atoms with Crippen molar-refractivity contribution in [1.29, 1.82) is 0 Å². The van der Waals surface area contributed by atoms with Gasteiger partial charge in [0.1, 0.15) is 19.0 Å². The van der Waals surface area contributed by atoms with Crippen LogP contribution in [0.1, 0.15) is 5.56 Å². The van der Waals surface area contributed by atoms with Gasteiger partial charge in [-0.05, 0) is 42.3 Å². The van der Waals surface area contributed by atoms with Crippen LogP contribution in [0.4, 0.5) is 5.69 Å². The zero-order valence-corrected chi connectivity index (χ0v) is 16.8. The van der Waals surface area contributed by atoms with Gasteiger partial charge in [-0.1, -0.05) is 6.07 Å². The molecule has 3 heterocycles. The second-order valence-corrected chi connectivity index (χ2v) is 7.61. The number of rotatable bonds is 5. The molecular formula is C23H27N3O3. The quantitative estimate of drug-likeness (QED) is 0.721. The number of fused-ring (bicyclic) bond motifs is 2. The van der Waals surface area contributed by atoms with Crippen LogP contribution in [-0.2, 0) is 6.42 Å². The summed E-state index contributed by atoms with van der Waals surface area (Å²) in [5.41, 5.74) is 3.68. The van der Waals surface area contributed by atoms with E-state index >= 15 is 0 Å². The summed E-state index contributed by atoms with van der Waals surface area (Å²) in [4.78, 5) is 8.34. The Kier molecular flexibility index (Phi) is 4.94. The number of nitrogens with one attached hydrogen (secondary N) is 1. The SMILES string of the molecule is COc1ccc2[nH]cc(CCN3CCN(c4cccc5c4OCCO5)CC3)c2c1. The summed E-state index contributed by atoms with van der Waals surface area (Å²) in [7, 11) is 1.72. The van der Waals surface area contributed by atoms with Crippen molar-refractivity contribution in [2.24, 2.45) is 0 Å². The van der Waals surface area contributed by atoms with E-state index < -0.39 is 0 Å². The van der Waals surface area contributed by atoms with Gasteiger partial charge in [-0.3, -0.25) is 4.90 Å². The number of aromatic amines is 1. The predicted octanol–water partition coefficient (Wildman–Crippen LogP) is 3.31. The summed E-state index contributed by atoms with van der Waals surface area (Å²) < 4.78 is 17.0. The van der Waals surface area contributed by atoms with Crippen LogP contribution in [0, 0.1) is 0 Å². The molecule has 0 atom stereocenters. The van der Waals surface area contributed by atoms with Crippen molar-refractivity contribution >= 4 is 16.6 Å². The fraction of sp³-hybridized carbons (Fsp3) is 0.391. The van der Waals surface area contributed by atoms with Crippen LogP contribution in [-0.4, -0.2) is 62.9 Å². The molecule has 1 N–H and O–H groups in total. The molecular weight excluding hydrogens is 366 g/mol. The highest BCUT2D eigenvalue weighted by molar-refractivity contribution is 5.84. The number of hydrogen-bond donors (Lipinski definition) is 1. The van der Waals surface area contributed by atoms with Gasteiger partial charge in [0.05, 0.1) is 12.8 Å². The zero-order valence-electron chi connectivity index (χ0n) is 16.8.